The SMILES string of the molecule is Cc1cc(C)n(Cc2ccc(C(=O)NCc3ccc(C)o3)o2)n1. The van der Waals surface area contributed by atoms with Crippen LogP contribution in [0, 0.1) is 20.8 Å². The number of amides is 1. The number of nitrogens with one attached hydrogen (secondary N) is 1. The van der Waals surface area contributed by atoms with E-state index in [4.69, 9.17) is 8.83 Å². The normalized spacial score (nSPS) is 10.9. The van der Waals surface area contributed by atoms with Crippen molar-refractivity contribution in [2.45, 2.75) is 33.9 Å². The van der Waals surface area contributed by atoms with Gasteiger partial charge in [-0.3, -0.25) is 9.48 Å². The van der Waals surface area contributed by atoms with E-state index in [0.717, 1.165) is 17.1 Å². The Labute approximate surface area is 134 Å². The summed E-state index contributed by atoms with van der Waals surface area (Å²) in [4.78, 5) is 12.1. The summed E-state index contributed by atoms with van der Waals surface area (Å²) < 4.78 is 12.9. The Balaban J connectivity index is 1.62. The van der Waals surface area contributed by atoms with Crippen molar-refractivity contribution in [1.29, 1.82) is 0 Å². The smallest absolute Gasteiger partial charge is 0.287 e. The third-order valence-electron chi connectivity index (χ3n) is 3.51. The molecule has 6 nitrogen and oxygen atoms in total. The summed E-state index contributed by atoms with van der Waals surface area (Å²) in [5.74, 6) is 2.24. The summed E-state index contributed by atoms with van der Waals surface area (Å²) in [5.41, 5.74) is 2.01. The van der Waals surface area contributed by atoms with Crippen LogP contribution in [0.15, 0.2) is 39.2 Å². The van der Waals surface area contributed by atoms with Crippen LogP contribution in [0.1, 0.15) is 39.2 Å². The maximum atomic E-state index is 12.1. The van der Waals surface area contributed by atoms with Crippen LogP contribution >= 0.6 is 0 Å². The van der Waals surface area contributed by atoms with Gasteiger partial charge in [0.2, 0.25) is 0 Å². The third-order valence-corrected chi connectivity index (χ3v) is 3.51. The second kappa shape index (κ2) is 6.16. The minimum atomic E-state index is -0.265. The molecule has 1 N–H and O–H groups in total. The highest BCUT2D eigenvalue weighted by atomic mass is 16.4. The molecule has 0 saturated heterocycles. The fourth-order valence-electron chi connectivity index (χ4n) is 2.40. The lowest BCUT2D eigenvalue weighted by molar-refractivity contribution is 0.0918. The first-order chi connectivity index (χ1) is 11.0. The summed E-state index contributed by atoms with van der Waals surface area (Å²) in [5, 5.41) is 7.15. The number of aryl methyl sites for hydroxylation is 3. The molecule has 120 valence electrons. The highest BCUT2D eigenvalue weighted by Gasteiger charge is 2.13. The van der Waals surface area contributed by atoms with Gasteiger partial charge < -0.3 is 14.2 Å². The van der Waals surface area contributed by atoms with E-state index in [9.17, 15) is 4.79 Å². The van der Waals surface area contributed by atoms with Crippen LogP contribution < -0.4 is 5.32 Å². The summed E-state index contributed by atoms with van der Waals surface area (Å²) in [6, 6.07) is 9.17. The highest BCUT2D eigenvalue weighted by Crippen LogP contribution is 2.12. The van der Waals surface area contributed by atoms with Crippen molar-refractivity contribution in [2.24, 2.45) is 0 Å². The average Bonchev–Trinajstić information content (AvgIpc) is 3.19. The standard InChI is InChI=1S/C17H19N3O3/c1-11-8-12(2)20(19-11)10-15-6-7-16(23-15)17(21)18-9-14-5-4-13(3)22-14/h4-8H,9-10H2,1-3H3,(H,18,21). The molecule has 0 fully saturated rings. The maximum absolute atomic E-state index is 12.1. The number of carbonyl (C=O) groups excluding carboxylic acids is 1. The summed E-state index contributed by atoms with van der Waals surface area (Å²) >= 11 is 0. The van der Waals surface area contributed by atoms with Crippen LogP contribution in [0.2, 0.25) is 0 Å². The number of hydrogen-bond acceptors (Lipinski definition) is 4. The molecule has 3 rings (SSSR count). The van der Waals surface area contributed by atoms with E-state index in [2.05, 4.69) is 10.4 Å². The molecule has 3 heterocycles. The van der Waals surface area contributed by atoms with Gasteiger partial charge >= 0.3 is 0 Å². The van der Waals surface area contributed by atoms with Gasteiger partial charge in [-0.15, -0.1) is 0 Å². The van der Waals surface area contributed by atoms with Crippen LogP contribution in [0.5, 0.6) is 0 Å². The third kappa shape index (κ3) is 3.53. The molecule has 0 aliphatic rings. The molecule has 0 saturated carbocycles. The molecule has 0 unspecified atom stereocenters. The van der Waals surface area contributed by atoms with E-state index < -0.39 is 0 Å². The van der Waals surface area contributed by atoms with E-state index in [1.807, 2.05) is 43.7 Å². The maximum Gasteiger partial charge on any atom is 0.287 e. The molecule has 0 aromatic carbocycles. The first-order valence-corrected chi connectivity index (χ1v) is 7.44. The van der Waals surface area contributed by atoms with E-state index in [0.29, 0.717) is 24.6 Å². The molecule has 3 aromatic heterocycles. The zero-order valence-electron chi connectivity index (χ0n) is 13.4. The first kappa shape index (κ1) is 15.1. The largest absolute Gasteiger partial charge is 0.465 e. The van der Waals surface area contributed by atoms with E-state index in [1.54, 1.807) is 12.1 Å². The molecule has 0 spiro atoms. The lowest BCUT2D eigenvalue weighted by atomic mass is 10.3. The average molecular weight is 313 g/mol. The van der Waals surface area contributed by atoms with Crippen LogP contribution in [-0.2, 0) is 13.1 Å². The van der Waals surface area contributed by atoms with Crippen molar-refractivity contribution in [3.63, 3.8) is 0 Å². The van der Waals surface area contributed by atoms with Crippen LogP contribution in [0.4, 0.5) is 0 Å². The number of furan rings is 2. The predicted octanol–water partition coefficient (Wildman–Crippen LogP) is 2.97. The minimum absolute atomic E-state index is 0.265. The van der Waals surface area contributed by atoms with E-state index >= 15 is 0 Å². The minimum Gasteiger partial charge on any atom is -0.465 e. The number of carbonyl (C=O) groups is 1. The molecule has 6 heteroatoms. The monoisotopic (exact) mass is 313 g/mol. The van der Waals surface area contributed by atoms with Crippen LogP contribution in [-0.4, -0.2) is 15.7 Å². The molecule has 1 amide bonds. The quantitative estimate of drug-likeness (QED) is 0.786. The Hall–Kier alpha value is -2.76. The molecular weight excluding hydrogens is 294 g/mol. The van der Waals surface area contributed by atoms with Crippen molar-refractivity contribution >= 4 is 5.91 Å². The van der Waals surface area contributed by atoms with Gasteiger partial charge in [-0.2, -0.15) is 5.10 Å². The number of rotatable bonds is 5. The molecule has 0 atom stereocenters. The Kier molecular flexibility index (Phi) is 4.06. The Morgan fingerprint density at radius 2 is 1.91 bits per heavy atom. The zero-order valence-corrected chi connectivity index (χ0v) is 13.4. The predicted molar refractivity (Wildman–Crippen MR) is 84.1 cm³/mol. The lowest BCUT2D eigenvalue weighted by Crippen LogP contribution is -2.21. The fourth-order valence-corrected chi connectivity index (χ4v) is 2.40. The van der Waals surface area contributed by atoms with Gasteiger partial charge in [-0.05, 0) is 51.1 Å². The lowest BCUT2D eigenvalue weighted by Gasteiger charge is -2.02. The van der Waals surface area contributed by atoms with Gasteiger partial charge in [-0.25, -0.2) is 0 Å². The summed E-state index contributed by atoms with van der Waals surface area (Å²) in [6.45, 7) is 6.64. The molecule has 0 aliphatic carbocycles. The first-order valence-electron chi connectivity index (χ1n) is 7.44. The second-order valence-electron chi connectivity index (χ2n) is 5.55. The number of hydrogen-bond donors (Lipinski definition) is 1. The van der Waals surface area contributed by atoms with Gasteiger partial charge in [0.05, 0.1) is 18.8 Å². The topological polar surface area (TPSA) is 73.2 Å². The second-order valence-corrected chi connectivity index (χ2v) is 5.55. The van der Waals surface area contributed by atoms with Crippen molar-refractivity contribution in [3.05, 3.63) is 64.8 Å². The van der Waals surface area contributed by atoms with Crippen molar-refractivity contribution < 1.29 is 13.6 Å². The van der Waals surface area contributed by atoms with Crippen LogP contribution in [0.3, 0.4) is 0 Å². The van der Waals surface area contributed by atoms with Gasteiger partial charge in [0.25, 0.3) is 5.91 Å². The fraction of sp³-hybridized carbons (Fsp3) is 0.294. The molecule has 3 aromatic rings. The van der Waals surface area contributed by atoms with Crippen molar-refractivity contribution in [3.8, 4) is 0 Å². The van der Waals surface area contributed by atoms with Crippen LogP contribution in [0.25, 0.3) is 0 Å². The molecule has 0 radical (unpaired) electrons. The van der Waals surface area contributed by atoms with Crippen molar-refractivity contribution in [1.82, 2.24) is 15.1 Å². The number of nitrogens with zero attached hydrogens (tertiary/aromatic N) is 2. The van der Waals surface area contributed by atoms with Gasteiger partial charge in [0, 0.05) is 5.69 Å². The van der Waals surface area contributed by atoms with E-state index in [1.165, 1.54) is 0 Å². The molecule has 23 heavy (non-hydrogen) atoms. The Morgan fingerprint density at radius 3 is 2.57 bits per heavy atom. The molecule has 0 aliphatic heterocycles. The summed E-state index contributed by atoms with van der Waals surface area (Å²) in [6.07, 6.45) is 0. The molecule has 0 bridgehead atoms. The van der Waals surface area contributed by atoms with Gasteiger partial charge in [0.1, 0.15) is 17.3 Å². The summed E-state index contributed by atoms with van der Waals surface area (Å²) in [7, 11) is 0. The zero-order chi connectivity index (χ0) is 16.4. The highest BCUT2D eigenvalue weighted by molar-refractivity contribution is 5.91. The Morgan fingerprint density at radius 1 is 1.13 bits per heavy atom. The van der Waals surface area contributed by atoms with E-state index in [-0.39, 0.29) is 11.7 Å². The number of aromatic nitrogens is 2. The Bertz CT molecular complexity index is 826. The molecular formula is C17H19N3O3. The van der Waals surface area contributed by atoms with Gasteiger partial charge in [0.15, 0.2) is 5.76 Å². The van der Waals surface area contributed by atoms with Crippen molar-refractivity contribution in [2.75, 3.05) is 0 Å². The van der Waals surface area contributed by atoms with Gasteiger partial charge in [-0.1, -0.05) is 0 Å².